The van der Waals surface area contributed by atoms with Gasteiger partial charge in [-0.15, -0.1) is 11.6 Å². The molecule has 1 aliphatic rings. The maximum atomic E-state index is 5.27. The molecule has 1 fully saturated rings. The summed E-state index contributed by atoms with van der Waals surface area (Å²) in [7, 11) is 0. The Morgan fingerprint density at radius 1 is 1.25 bits per heavy atom. The molecule has 0 saturated carbocycles. The quantitative estimate of drug-likeness (QED) is 0.501. The molecule has 3 heteroatoms. The summed E-state index contributed by atoms with van der Waals surface area (Å²) in [6.45, 7) is 11.0. The van der Waals surface area contributed by atoms with E-state index in [1.165, 1.54) is 19.6 Å². The number of hydrogen-bond acceptors (Lipinski definition) is 2. The fourth-order valence-corrected chi connectivity index (χ4v) is 1.01. The first-order valence-electron chi connectivity index (χ1n) is 4.68. The van der Waals surface area contributed by atoms with Crippen LogP contribution < -0.4 is 0 Å². The van der Waals surface area contributed by atoms with Crippen molar-refractivity contribution in [2.45, 2.75) is 26.9 Å². The summed E-state index contributed by atoms with van der Waals surface area (Å²) in [5.74, 6) is 0.667. The van der Waals surface area contributed by atoms with Crippen molar-refractivity contribution in [1.82, 2.24) is 4.90 Å². The van der Waals surface area contributed by atoms with Crippen molar-refractivity contribution in [2.75, 3.05) is 32.1 Å². The van der Waals surface area contributed by atoms with Crippen molar-refractivity contribution >= 4 is 11.6 Å². The third kappa shape index (κ3) is 6.89. The molecule has 74 valence electrons. The van der Waals surface area contributed by atoms with Crippen molar-refractivity contribution in [3.8, 4) is 0 Å². The molecular weight excluding hydrogens is 174 g/mol. The highest BCUT2D eigenvalue weighted by Crippen LogP contribution is 2.08. The molecule has 0 aromatic heterocycles. The van der Waals surface area contributed by atoms with Crippen LogP contribution in [0.15, 0.2) is 0 Å². The van der Waals surface area contributed by atoms with Gasteiger partial charge in [0.1, 0.15) is 0 Å². The summed E-state index contributed by atoms with van der Waals surface area (Å²) in [5.41, 5.74) is 0. The van der Waals surface area contributed by atoms with Crippen LogP contribution in [0.3, 0.4) is 0 Å². The highest BCUT2D eigenvalue weighted by molar-refractivity contribution is 6.18. The SMILES string of the molecule is CCN(CC)CC.ClCC1CO1. The van der Waals surface area contributed by atoms with E-state index in [9.17, 15) is 0 Å². The predicted molar refractivity (Wildman–Crippen MR) is 53.9 cm³/mol. The molecule has 0 aliphatic carbocycles. The highest BCUT2D eigenvalue weighted by Gasteiger charge is 2.19. The van der Waals surface area contributed by atoms with Gasteiger partial charge in [-0.1, -0.05) is 20.8 Å². The molecule has 12 heavy (non-hydrogen) atoms. The Morgan fingerprint density at radius 2 is 1.67 bits per heavy atom. The van der Waals surface area contributed by atoms with Crippen LogP contribution >= 0.6 is 11.6 Å². The van der Waals surface area contributed by atoms with Gasteiger partial charge in [-0.25, -0.2) is 0 Å². The summed E-state index contributed by atoms with van der Waals surface area (Å²) >= 11 is 5.27. The topological polar surface area (TPSA) is 15.8 Å². The molecule has 1 rings (SSSR count). The number of rotatable bonds is 4. The van der Waals surface area contributed by atoms with Crippen molar-refractivity contribution in [2.24, 2.45) is 0 Å². The molecule has 1 heterocycles. The lowest BCUT2D eigenvalue weighted by Gasteiger charge is -2.13. The molecule has 0 aromatic rings. The number of epoxide rings is 1. The Balaban J connectivity index is 0.000000211. The lowest BCUT2D eigenvalue weighted by Crippen LogP contribution is -2.21. The van der Waals surface area contributed by atoms with Gasteiger partial charge >= 0.3 is 0 Å². The summed E-state index contributed by atoms with van der Waals surface area (Å²) in [6.07, 6.45) is 0.400. The molecule has 0 spiro atoms. The first-order valence-corrected chi connectivity index (χ1v) is 5.21. The van der Waals surface area contributed by atoms with E-state index in [1.54, 1.807) is 0 Å². The lowest BCUT2D eigenvalue weighted by atomic mass is 10.5. The minimum atomic E-state index is 0.400. The number of ether oxygens (including phenoxy) is 1. The summed E-state index contributed by atoms with van der Waals surface area (Å²) in [6, 6.07) is 0. The number of nitrogens with zero attached hydrogens (tertiary/aromatic N) is 1. The summed E-state index contributed by atoms with van der Waals surface area (Å²) in [4.78, 5) is 2.38. The fourth-order valence-electron chi connectivity index (χ4n) is 0.828. The van der Waals surface area contributed by atoms with Crippen LogP contribution in [0.5, 0.6) is 0 Å². The van der Waals surface area contributed by atoms with Crippen LogP contribution in [0.25, 0.3) is 0 Å². The standard InChI is InChI=1S/C6H15N.C3H5ClO/c1-4-7(5-2)6-3;4-1-3-2-5-3/h4-6H2,1-3H3;3H,1-2H2. The van der Waals surface area contributed by atoms with E-state index in [0.29, 0.717) is 12.0 Å². The van der Waals surface area contributed by atoms with E-state index in [2.05, 4.69) is 25.7 Å². The zero-order valence-electron chi connectivity index (χ0n) is 8.35. The molecule has 1 unspecified atom stereocenters. The Labute approximate surface area is 80.8 Å². The Kier molecular flexibility index (Phi) is 7.98. The van der Waals surface area contributed by atoms with Crippen LogP contribution in [-0.4, -0.2) is 43.1 Å². The van der Waals surface area contributed by atoms with Gasteiger partial charge in [0.05, 0.1) is 18.6 Å². The fraction of sp³-hybridized carbons (Fsp3) is 1.00. The smallest absolute Gasteiger partial charge is 0.0944 e. The zero-order valence-corrected chi connectivity index (χ0v) is 9.10. The van der Waals surface area contributed by atoms with Crippen molar-refractivity contribution in [1.29, 1.82) is 0 Å². The van der Waals surface area contributed by atoms with E-state index in [0.717, 1.165) is 6.61 Å². The Morgan fingerprint density at radius 3 is 1.67 bits per heavy atom. The molecule has 1 saturated heterocycles. The second kappa shape index (κ2) is 7.84. The summed E-state index contributed by atoms with van der Waals surface area (Å²) < 4.78 is 4.73. The highest BCUT2D eigenvalue weighted by atomic mass is 35.5. The molecule has 2 nitrogen and oxygen atoms in total. The van der Waals surface area contributed by atoms with Crippen LogP contribution in [-0.2, 0) is 4.74 Å². The van der Waals surface area contributed by atoms with Crippen LogP contribution in [0.2, 0.25) is 0 Å². The van der Waals surface area contributed by atoms with Crippen LogP contribution in [0, 0.1) is 0 Å². The molecule has 0 aromatic carbocycles. The Bertz CT molecular complexity index is 87.0. The first kappa shape index (κ1) is 12.2. The largest absolute Gasteiger partial charge is 0.372 e. The van der Waals surface area contributed by atoms with Crippen molar-refractivity contribution < 1.29 is 4.74 Å². The number of halogens is 1. The van der Waals surface area contributed by atoms with E-state index >= 15 is 0 Å². The number of alkyl halides is 1. The number of hydrogen-bond donors (Lipinski definition) is 0. The van der Waals surface area contributed by atoms with Crippen LogP contribution in [0.1, 0.15) is 20.8 Å². The first-order chi connectivity index (χ1) is 5.78. The second-order valence-electron chi connectivity index (χ2n) is 2.73. The molecule has 0 bridgehead atoms. The van der Waals surface area contributed by atoms with Gasteiger partial charge in [-0.05, 0) is 19.6 Å². The molecule has 1 atom stereocenters. The lowest BCUT2D eigenvalue weighted by molar-refractivity contribution is 0.321. The average Bonchev–Trinajstić information content (AvgIpc) is 2.91. The summed E-state index contributed by atoms with van der Waals surface area (Å²) in [5, 5.41) is 0. The average molecular weight is 194 g/mol. The molecule has 0 N–H and O–H groups in total. The monoisotopic (exact) mass is 193 g/mol. The van der Waals surface area contributed by atoms with Crippen molar-refractivity contribution in [3.05, 3.63) is 0 Å². The zero-order chi connectivity index (χ0) is 9.40. The second-order valence-corrected chi connectivity index (χ2v) is 3.04. The minimum absolute atomic E-state index is 0.400. The molecule has 0 amide bonds. The minimum Gasteiger partial charge on any atom is -0.372 e. The van der Waals surface area contributed by atoms with Crippen molar-refractivity contribution in [3.63, 3.8) is 0 Å². The van der Waals surface area contributed by atoms with Gasteiger partial charge in [0.2, 0.25) is 0 Å². The van der Waals surface area contributed by atoms with Gasteiger partial charge in [0, 0.05) is 0 Å². The third-order valence-corrected chi connectivity index (χ3v) is 2.26. The normalized spacial score (nSPS) is 20.2. The van der Waals surface area contributed by atoms with Gasteiger partial charge in [-0.3, -0.25) is 0 Å². The van der Waals surface area contributed by atoms with Crippen LogP contribution in [0.4, 0.5) is 0 Å². The molecular formula is C9H20ClNO. The van der Waals surface area contributed by atoms with Gasteiger partial charge in [0.15, 0.2) is 0 Å². The van der Waals surface area contributed by atoms with E-state index in [4.69, 9.17) is 16.3 Å². The molecule has 0 radical (unpaired) electrons. The predicted octanol–water partition coefficient (Wildman–Crippen LogP) is 1.97. The maximum absolute atomic E-state index is 5.27. The van der Waals surface area contributed by atoms with Gasteiger partial charge in [0.25, 0.3) is 0 Å². The van der Waals surface area contributed by atoms with E-state index in [-0.39, 0.29) is 0 Å². The van der Waals surface area contributed by atoms with Gasteiger partial charge in [-0.2, -0.15) is 0 Å². The Hall–Kier alpha value is 0.210. The van der Waals surface area contributed by atoms with E-state index in [1.807, 2.05) is 0 Å². The molecule has 1 aliphatic heterocycles. The maximum Gasteiger partial charge on any atom is 0.0944 e. The third-order valence-electron chi connectivity index (χ3n) is 1.92. The van der Waals surface area contributed by atoms with E-state index < -0.39 is 0 Å². The van der Waals surface area contributed by atoms with Gasteiger partial charge < -0.3 is 9.64 Å².